The number of rotatable bonds is 9. The fourth-order valence-electron chi connectivity index (χ4n) is 1.31. The van der Waals surface area contributed by atoms with Gasteiger partial charge in [-0.3, -0.25) is 9.59 Å². The lowest BCUT2D eigenvalue weighted by Gasteiger charge is -2.15. The Morgan fingerprint density at radius 1 is 1.44 bits per heavy atom. The summed E-state index contributed by atoms with van der Waals surface area (Å²) >= 11 is -1.89. The first kappa shape index (κ1) is 23.1. The molecule has 1 amide bonds. The number of nitrogens with two attached hydrogens (primary N) is 2. The van der Waals surface area contributed by atoms with Gasteiger partial charge in [0, 0.05) is 6.92 Å². The third-order valence-corrected chi connectivity index (χ3v) is 3.47. The monoisotopic (exact) mass is 380 g/mol. The van der Waals surface area contributed by atoms with Crippen molar-refractivity contribution in [2.75, 3.05) is 0 Å². The second-order valence-corrected chi connectivity index (χ2v) is 6.00. The van der Waals surface area contributed by atoms with Crippen molar-refractivity contribution in [1.82, 2.24) is 19.6 Å². The largest absolute Gasteiger partial charge is 0.480 e. The molecule has 1 heterocycles. The summed E-state index contributed by atoms with van der Waals surface area (Å²) in [7, 11) is 0. The van der Waals surface area contributed by atoms with Crippen molar-refractivity contribution in [3.05, 3.63) is 11.7 Å². The van der Waals surface area contributed by atoms with Crippen LogP contribution in [0.25, 0.3) is 0 Å². The van der Waals surface area contributed by atoms with Crippen molar-refractivity contribution in [3.8, 4) is 0 Å². The van der Waals surface area contributed by atoms with Gasteiger partial charge in [-0.1, -0.05) is 12.1 Å². The molecule has 0 radical (unpaired) electrons. The third-order valence-electron chi connectivity index (χ3n) is 2.59. The summed E-state index contributed by atoms with van der Waals surface area (Å²) in [6.07, 6.45) is -0.556. The first-order valence-corrected chi connectivity index (χ1v) is 8.39. The van der Waals surface area contributed by atoms with E-state index < -0.39 is 29.3 Å². The van der Waals surface area contributed by atoms with Gasteiger partial charge >= 0.3 is 5.97 Å². The Morgan fingerprint density at radius 3 is 2.44 bits per heavy atom. The van der Waals surface area contributed by atoms with Crippen LogP contribution in [-0.4, -0.2) is 48.6 Å². The van der Waals surface area contributed by atoms with Crippen LogP contribution in [0.4, 0.5) is 0 Å². The summed E-state index contributed by atoms with van der Waals surface area (Å²) in [6, 6.07) is -1.69. The third kappa shape index (κ3) is 9.83. The molecule has 25 heavy (non-hydrogen) atoms. The predicted molar refractivity (Wildman–Crippen MR) is 87.6 cm³/mol. The minimum Gasteiger partial charge on any atom is -0.480 e. The molecule has 0 saturated carbocycles. The molecular weight excluding hydrogens is 356 g/mol. The van der Waals surface area contributed by atoms with Crippen LogP contribution in [0.1, 0.15) is 44.9 Å². The van der Waals surface area contributed by atoms with Crippen LogP contribution in [0.2, 0.25) is 0 Å². The van der Waals surface area contributed by atoms with E-state index in [1.165, 1.54) is 13.8 Å². The number of aliphatic carboxylic acids is 1. The minimum atomic E-state index is -1.89. The number of amides is 1. The molecule has 4 unspecified atom stereocenters. The number of aromatic nitrogens is 2. The number of aliphatic hydroxyl groups is 1. The summed E-state index contributed by atoms with van der Waals surface area (Å²) in [5.41, 5.74) is 10.2. The SMILES string of the molecule is CC(N)=O.CCC(N)c1noc(CNS(=O)NC(C(=O)O)C(C)O)n1. The molecule has 0 spiro atoms. The number of hydrogen-bond donors (Lipinski definition) is 6. The number of primary amides is 1. The standard InChI is InChI=1S/C10H19N5O5S.C2H5NO/c1-3-6(11)9-13-7(20-14-9)4-12-21(19)15-8(5(2)16)10(17)18;1-2(3)4/h5-6,8,12,15-16H,3-4,11H2,1-2H3,(H,17,18);1H3,(H2,3,4). The average Bonchev–Trinajstić information content (AvgIpc) is 2.97. The van der Waals surface area contributed by atoms with Gasteiger partial charge in [0.2, 0.25) is 11.8 Å². The molecule has 144 valence electrons. The average molecular weight is 380 g/mol. The van der Waals surface area contributed by atoms with E-state index in [-0.39, 0.29) is 24.4 Å². The molecule has 0 aliphatic rings. The van der Waals surface area contributed by atoms with Gasteiger partial charge in [-0.25, -0.2) is 13.7 Å². The van der Waals surface area contributed by atoms with Crippen molar-refractivity contribution >= 4 is 23.0 Å². The van der Waals surface area contributed by atoms with Crippen LogP contribution in [0, 0.1) is 0 Å². The molecule has 0 aliphatic heterocycles. The highest BCUT2D eigenvalue weighted by molar-refractivity contribution is 7.81. The van der Waals surface area contributed by atoms with Crippen LogP contribution < -0.4 is 20.9 Å². The van der Waals surface area contributed by atoms with E-state index in [0.717, 1.165) is 0 Å². The maximum absolute atomic E-state index is 11.6. The first-order chi connectivity index (χ1) is 11.6. The van der Waals surface area contributed by atoms with Crippen molar-refractivity contribution in [2.45, 2.75) is 51.9 Å². The quantitative estimate of drug-likeness (QED) is 0.281. The smallest absolute Gasteiger partial charge is 0.324 e. The van der Waals surface area contributed by atoms with E-state index in [0.29, 0.717) is 12.2 Å². The highest BCUT2D eigenvalue weighted by atomic mass is 32.2. The Kier molecular flexibility index (Phi) is 10.7. The summed E-state index contributed by atoms with van der Waals surface area (Å²) in [5.74, 6) is -1.12. The topological polar surface area (TPSA) is 207 Å². The van der Waals surface area contributed by atoms with E-state index in [9.17, 15) is 18.9 Å². The Hall–Kier alpha value is -1.93. The van der Waals surface area contributed by atoms with Crippen LogP contribution in [-0.2, 0) is 27.3 Å². The fraction of sp³-hybridized carbons (Fsp3) is 0.667. The van der Waals surface area contributed by atoms with Gasteiger partial charge in [0.05, 0.1) is 18.7 Å². The van der Waals surface area contributed by atoms with Gasteiger partial charge in [-0.05, 0) is 13.3 Å². The maximum atomic E-state index is 11.6. The number of carbonyl (C=O) groups excluding carboxylic acids is 1. The van der Waals surface area contributed by atoms with E-state index >= 15 is 0 Å². The summed E-state index contributed by atoms with van der Waals surface area (Å²) in [6.45, 7) is 4.43. The summed E-state index contributed by atoms with van der Waals surface area (Å²) in [4.78, 5) is 24.1. The molecule has 1 aromatic rings. The molecule has 4 atom stereocenters. The van der Waals surface area contributed by atoms with Gasteiger partial charge < -0.3 is 26.2 Å². The maximum Gasteiger partial charge on any atom is 0.324 e. The summed E-state index contributed by atoms with van der Waals surface area (Å²) in [5, 5.41) is 21.8. The Labute approximate surface area is 147 Å². The normalized spacial score (nSPS) is 15.4. The van der Waals surface area contributed by atoms with Gasteiger partial charge in [0.25, 0.3) is 0 Å². The second-order valence-electron chi connectivity index (χ2n) is 4.94. The van der Waals surface area contributed by atoms with Crippen LogP contribution in [0.15, 0.2) is 4.52 Å². The lowest BCUT2D eigenvalue weighted by Crippen LogP contribution is -2.48. The zero-order valence-electron chi connectivity index (χ0n) is 14.1. The summed E-state index contributed by atoms with van der Waals surface area (Å²) < 4.78 is 21.2. The number of aliphatic hydroxyl groups excluding tert-OH is 1. The molecule has 0 saturated heterocycles. The highest BCUT2D eigenvalue weighted by Gasteiger charge is 2.25. The van der Waals surface area contributed by atoms with Gasteiger partial charge in [0.1, 0.15) is 6.04 Å². The molecular formula is C12H24N6O6S. The predicted octanol–water partition coefficient (Wildman–Crippen LogP) is -1.94. The van der Waals surface area contributed by atoms with Crippen LogP contribution in [0.5, 0.6) is 0 Å². The van der Waals surface area contributed by atoms with Crippen molar-refractivity contribution < 1.29 is 28.5 Å². The van der Waals surface area contributed by atoms with Crippen LogP contribution >= 0.6 is 0 Å². The zero-order chi connectivity index (χ0) is 19.6. The number of carbonyl (C=O) groups is 2. The van der Waals surface area contributed by atoms with E-state index in [2.05, 4.69) is 25.3 Å². The van der Waals surface area contributed by atoms with E-state index in [1.54, 1.807) is 0 Å². The number of carboxylic acid groups (broad SMARTS) is 1. The van der Waals surface area contributed by atoms with Gasteiger partial charge in [0.15, 0.2) is 17.0 Å². The van der Waals surface area contributed by atoms with Crippen LogP contribution in [0.3, 0.4) is 0 Å². The number of nitrogens with zero attached hydrogens (tertiary/aromatic N) is 2. The molecule has 0 bridgehead atoms. The molecule has 0 aliphatic carbocycles. The first-order valence-electron chi connectivity index (χ1n) is 7.24. The lowest BCUT2D eigenvalue weighted by atomic mass is 10.2. The highest BCUT2D eigenvalue weighted by Crippen LogP contribution is 2.09. The molecule has 13 heteroatoms. The molecule has 0 aromatic carbocycles. The molecule has 1 aromatic heterocycles. The van der Waals surface area contributed by atoms with Crippen molar-refractivity contribution in [3.63, 3.8) is 0 Å². The van der Waals surface area contributed by atoms with Crippen molar-refractivity contribution in [1.29, 1.82) is 0 Å². The van der Waals surface area contributed by atoms with E-state index in [1.807, 2.05) is 6.92 Å². The molecule has 8 N–H and O–H groups in total. The molecule has 12 nitrogen and oxygen atoms in total. The van der Waals surface area contributed by atoms with E-state index in [4.69, 9.17) is 15.4 Å². The zero-order valence-corrected chi connectivity index (χ0v) is 14.9. The Balaban J connectivity index is 0.00000129. The second kappa shape index (κ2) is 11.6. The minimum absolute atomic E-state index is 0.0325. The fourth-order valence-corrected chi connectivity index (χ4v) is 2.18. The number of hydrogen-bond acceptors (Lipinski definition) is 8. The Morgan fingerprint density at radius 2 is 2.00 bits per heavy atom. The van der Waals surface area contributed by atoms with Gasteiger partial charge in [-0.15, -0.1) is 0 Å². The molecule has 0 fully saturated rings. The lowest BCUT2D eigenvalue weighted by molar-refractivity contribution is -0.141. The number of nitrogens with one attached hydrogen (secondary N) is 2. The van der Waals surface area contributed by atoms with Crippen molar-refractivity contribution in [2.24, 2.45) is 11.5 Å². The Bertz CT molecular complexity index is 576. The van der Waals surface area contributed by atoms with Gasteiger partial charge in [-0.2, -0.15) is 4.98 Å². The molecule has 1 rings (SSSR count). The number of carboxylic acids is 1.